The molecule has 0 aromatic heterocycles. The topological polar surface area (TPSA) is 105 Å². The van der Waals surface area contributed by atoms with Crippen LogP contribution >= 0.6 is 0 Å². The molecule has 1 aromatic carbocycles. The van der Waals surface area contributed by atoms with Gasteiger partial charge in [-0.05, 0) is 24.8 Å². The molecule has 1 heterocycles. The van der Waals surface area contributed by atoms with E-state index in [-0.39, 0.29) is 13.0 Å². The lowest BCUT2D eigenvalue weighted by molar-refractivity contribution is -0.301. The van der Waals surface area contributed by atoms with Crippen molar-refractivity contribution < 1.29 is 34.3 Å². The van der Waals surface area contributed by atoms with Crippen LogP contribution in [0.2, 0.25) is 0 Å². The Kier molecular flexibility index (Phi) is 12.1. The Balaban J connectivity index is 1.68. The lowest BCUT2D eigenvalue weighted by atomic mass is 9.99. The highest BCUT2D eigenvalue weighted by atomic mass is 16.7. The molecular formula is C24H38O7. The molecule has 0 amide bonds. The highest BCUT2D eigenvalue weighted by Gasteiger charge is 2.44. The smallest absolute Gasteiger partial charge is 0.305 e. The van der Waals surface area contributed by atoms with E-state index in [2.05, 4.69) is 6.92 Å². The van der Waals surface area contributed by atoms with Gasteiger partial charge in [0.15, 0.2) is 6.29 Å². The fourth-order valence-corrected chi connectivity index (χ4v) is 3.60. The van der Waals surface area contributed by atoms with E-state index in [1.807, 2.05) is 30.3 Å². The highest BCUT2D eigenvalue weighted by Crippen LogP contribution is 2.23. The van der Waals surface area contributed by atoms with Crippen molar-refractivity contribution in [3.05, 3.63) is 35.9 Å². The van der Waals surface area contributed by atoms with E-state index in [9.17, 15) is 20.1 Å². The summed E-state index contributed by atoms with van der Waals surface area (Å²) in [7, 11) is 0. The molecule has 5 atom stereocenters. The molecule has 1 saturated heterocycles. The standard InChI is InChI=1S/C24H38O7/c1-2-3-4-5-6-10-16-29-24-23(28)22(27)21(26)19(31-24)17-30-20(25)15-11-14-18-12-8-7-9-13-18/h7-9,12-13,19,21-24,26-28H,2-6,10-11,14-17H2,1H3/t19-,21-,22+,23-,24-/m1/s1. The molecule has 0 unspecified atom stereocenters. The number of aliphatic hydroxyl groups excluding tert-OH is 3. The van der Waals surface area contributed by atoms with Crippen molar-refractivity contribution in [2.45, 2.75) is 95.4 Å². The first-order valence-corrected chi connectivity index (χ1v) is 11.5. The van der Waals surface area contributed by atoms with Gasteiger partial charge in [-0.1, -0.05) is 69.4 Å². The van der Waals surface area contributed by atoms with Gasteiger partial charge in [-0.2, -0.15) is 0 Å². The molecule has 7 nitrogen and oxygen atoms in total. The van der Waals surface area contributed by atoms with Crippen molar-refractivity contribution in [3.63, 3.8) is 0 Å². The summed E-state index contributed by atoms with van der Waals surface area (Å²) < 4.78 is 16.4. The van der Waals surface area contributed by atoms with Gasteiger partial charge >= 0.3 is 5.97 Å². The van der Waals surface area contributed by atoms with Crippen LogP contribution in [0.3, 0.4) is 0 Å². The molecule has 31 heavy (non-hydrogen) atoms. The third-order valence-electron chi connectivity index (χ3n) is 5.55. The number of esters is 1. The fraction of sp³-hybridized carbons (Fsp3) is 0.708. The number of carbonyl (C=O) groups excluding carboxylic acids is 1. The van der Waals surface area contributed by atoms with Gasteiger partial charge in [-0.15, -0.1) is 0 Å². The first-order valence-electron chi connectivity index (χ1n) is 11.5. The van der Waals surface area contributed by atoms with Crippen LogP contribution in [0.25, 0.3) is 0 Å². The predicted molar refractivity (Wildman–Crippen MR) is 116 cm³/mol. The van der Waals surface area contributed by atoms with Gasteiger partial charge < -0.3 is 29.5 Å². The van der Waals surface area contributed by atoms with Gasteiger partial charge in [-0.3, -0.25) is 4.79 Å². The largest absolute Gasteiger partial charge is 0.463 e. The number of aryl methyl sites for hydroxylation is 1. The van der Waals surface area contributed by atoms with Gasteiger partial charge in [0.25, 0.3) is 0 Å². The highest BCUT2D eigenvalue weighted by molar-refractivity contribution is 5.69. The zero-order valence-corrected chi connectivity index (χ0v) is 18.5. The van der Waals surface area contributed by atoms with E-state index in [4.69, 9.17) is 14.2 Å². The molecule has 1 aliphatic heterocycles. The van der Waals surface area contributed by atoms with E-state index >= 15 is 0 Å². The van der Waals surface area contributed by atoms with Crippen molar-refractivity contribution in [3.8, 4) is 0 Å². The summed E-state index contributed by atoms with van der Waals surface area (Å²) in [6.45, 7) is 2.36. The summed E-state index contributed by atoms with van der Waals surface area (Å²) in [5.74, 6) is -0.392. The van der Waals surface area contributed by atoms with E-state index in [0.717, 1.165) is 31.2 Å². The first kappa shape index (κ1) is 25.7. The third kappa shape index (κ3) is 9.25. The average Bonchev–Trinajstić information content (AvgIpc) is 2.78. The van der Waals surface area contributed by atoms with Gasteiger partial charge in [0, 0.05) is 13.0 Å². The number of unbranched alkanes of at least 4 members (excludes halogenated alkanes) is 5. The van der Waals surface area contributed by atoms with Crippen LogP contribution in [0.5, 0.6) is 0 Å². The van der Waals surface area contributed by atoms with E-state index in [1.165, 1.54) is 19.3 Å². The summed E-state index contributed by atoms with van der Waals surface area (Å²) in [5, 5.41) is 30.4. The van der Waals surface area contributed by atoms with Crippen LogP contribution in [-0.2, 0) is 25.4 Å². The van der Waals surface area contributed by atoms with Crippen LogP contribution < -0.4 is 0 Å². The molecule has 7 heteroatoms. The maximum atomic E-state index is 12.0. The van der Waals surface area contributed by atoms with Crippen LogP contribution in [-0.4, -0.2) is 65.2 Å². The summed E-state index contributed by atoms with van der Waals surface area (Å²) in [5.41, 5.74) is 1.16. The molecule has 1 aliphatic rings. The van der Waals surface area contributed by atoms with Crippen LogP contribution in [0.15, 0.2) is 30.3 Å². The molecule has 0 radical (unpaired) electrons. The van der Waals surface area contributed by atoms with Crippen molar-refractivity contribution in [1.29, 1.82) is 0 Å². The van der Waals surface area contributed by atoms with Gasteiger partial charge in [0.2, 0.25) is 0 Å². The molecule has 176 valence electrons. The normalized spacial score (nSPS) is 26.0. The van der Waals surface area contributed by atoms with Gasteiger partial charge in [0.05, 0.1) is 0 Å². The Labute approximate surface area is 185 Å². The Morgan fingerprint density at radius 2 is 1.65 bits per heavy atom. The Morgan fingerprint density at radius 1 is 0.935 bits per heavy atom. The Hall–Kier alpha value is -1.51. The molecule has 1 aromatic rings. The number of hydrogen-bond acceptors (Lipinski definition) is 7. The molecular weight excluding hydrogens is 400 g/mol. The minimum atomic E-state index is -1.43. The quantitative estimate of drug-likeness (QED) is 0.303. The summed E-state index contributed by atoms with van der Waals surface area (Å²) in [6, 6.07) is 9.88. The summed E-state index contributed by atoms with van der Waals surface area (Å²) >= 11 is 0. The molecule has 2 rings (SSSR count). The molecule has 1 fully saturated rings. The maximum absolute atomic E-state index is 12.0. The van der Waals surface area contributed by atoms with Crippen LogP contribution in [0.1, 0.15) is 63.9 Å². The monoisotopic (exact) mass is 438 g/mol. The third-order valence-corrected chi connectivity index (χ3v) is 5.55. The number of hydrogen-bond donors (Lipinski definition) is 3. The predicted octanol–water partition coefficient (Wildman–Crippen LogP) is 2.74. The second kappa shape index (κ2) is 14.5. The Bertz CT molecular complexity index is 609. The number of rotatable bonds is 14. The van der Waals surface area contributed by atoms with Gasteiger partial charge in [-0.25, -0.2) is 0 Å². The zero-order valence-electron chi connectivity index (χ0n) is 18.5. The number of carbonyl (C=O) groups is 1. The zero-order chi connectivity index (χ0) is 22.5. The summed E-state index contributed by atoms with van der Waals surface area (Å²) in [4.78, 5) is 12.0. The van der Waals surface area contributed by atoms with E-state index in [1.54, 1.807) is 0 Å². The number of ether oxygens (including phenoxy) is 3. The second-order valence-corrected chi connectivity index (χ2v) is 8.18. The van der Waals surface area contributed by atoms with E-state index in [0.29, 0.717) is 13.0 Å². The number of benzene rings is 1. The van der Waals surface area contributed by atoms with Crippen molar-refractivity contribution >= 4 is 5.97 Å². The molecule has 0 saturated carbocycles. The van der Waals surface area contributed by atoms with Crippen LogP contribution in [0, 0.1) is 0 Å². The molecule has 3 N–H and O–H groups in total. The van der Waals surface area contributed by atoms with Crippen molar-refractivity contribution in [1.82, 2.24) is 0 Å². The van der Waals surface area contributed by atoms with Gasteiger partial charge in [0.1, 0.15) is 31.0 Å². The Morgan fingerprint density at radius 3 is 2.39 bits per heavy atom. The lowest BCUT2D eigenvalue weighted by Crippen LogP contribution is -2.59. The van der Waals surface area contributed by atoms with Crippen molar-refractivity contribution in [2.24, 2.45) is 0 Å². The fourth-order valence-electron chi connectivity index (χ4n) is 3.60. The second-order valence-electron chi connectivity index (χ2n) is 8.18. The summed E-state index contributed by atoms with van der Waals surface area (Å²) in [6.07, 6.45) is 2.13. The molecule has 0 aliphatic carbocycles. The minimum Gasteiger partial charge on any atom is -0.463 e. The van der Waals surface area contributed by atoms with Crippen molar-refractivity contribution in [2.75, 3.05) is 13.2 Å². The lowest BCUT2D eigenvalue weighted by Gasteiger charge is -2.40. The first-order chi connectivity index (χ1) is 15.0. The molecule has 0 spiro atoms. The van der Waals surface area contributed by atoms with E-state index < -0.39 is 36.7 Å². The SMILES string of the molecule is CCCCCCCCO[C@@H]1O[C@H](COC(=O)CCCc2ccccc2)[C@@H](O)[C@H](O)[C@H]1O. The number of aliphatic hydroxyl groups is 3. The maximum Gasteiger partial charge on any atom is 0.305 e. The van der Waals surface area contributed by atoms with Crippen LogP contribution in [0.4, 0.5) is 0 Å². The molecule has 0 bridgehead atoms. The average molecular weight is 439 g/mol. The minimum absolute atomic E-state index is 0.202.